The van der Waals surface area contributed by atoms with Crippen molar-refractivity contribution in [1.29, 1.82) is 0 Å². The summed E-state index contributed by atoms with van der Waals surface area (Å²) in [6, 6.07) is 0.667. The minimum atomic E-state index is -0.189. The molecule has 16 heavy (non-hydrogen) atoms. The topological polar surface area (TPSA) is 58.4 Å². The monoisotopic (exact) mass is 227 g/mol. The van der Waals surface area contributed by atoms with E-state index in [4.69, 9.17) is 5.73 Å². The van der Waals surface area contributed by atoms with Gasteiger partial charge >= 0.3 is 0 Å². The summed E-state index contributed by atoms with van der Waals surface area (Å²) in [5.74, 6) is -0.216. The molecule has 1 aliphatic heterocycles. The molecule has 94 valence electrons. The summed E-state index contributed by atoms with van der Waals surface area (Å²) >= 11 is 0. The first-order valence-electron chi connectivity index (χ1n) is 6.38. The van der Waals surface area contributed by atoms with Crippen LogP contribution in [-0.2, 0) is 4.79 Å². The van der Waals surface area contributed by atoms with Crippen molar-refractivity contribution in [3.8, 4) is 0 Å². The van der Waals surface area contributed by atoms with E-state index in [9.17, 15) is 4.79 Å². The van der Waals surface area contributed by atoms with Crippen LogP contribution in [0.2, 0.25) is 0 Å². The third-order valence-electron chi connectivity index (χ3n) is 3.29. The van der Waals surface area contributed by atoms with E-state index >= 15 is 0 Å². The summed E-state index contributed by atoms with van der Waals surface area (Å²) in [5, 5.41) is 3.55. The van der Waals surface area contributed by atoms with Crippen molar-refractivity contribution < 1.29 is 4.79 Å². The molecule has 1 heterocycles. The van der Waals surface area contributed by atoms with Crippen LogP contribution in [0.25, 0.3) is 0 Å². The SMILES string of the molecule is CCCNC1CCN(CC(C)C(N)=O)CC1. The maximum absolute atomic E-state index is 11.0. The second-order valence-corrected chi connectivity index (χ2v) is 4.83. The molecule has 1 amide bonds. The number of carbonyl (C=O) groups excluding carboxylic acids is 1. The molecule has 1 atom stereocenters. The molecule has 0 radical (unpaired) electrons. The molecule has 4 heteroatoms. The molecule has 4 nitrogen and oxygen atoms in total. The highest BCUT2D eigenvalue weighted by Crippen LogP contribution is 2.12. The zero-order valence-electron chi connectivity index (χ0n) is 10.5. The molecule has 0 aromatic rings. The lowest BCUT2D eigenvalue weighted by molar-refractivity contribution is -0.121. The summed E-state index contributed by atoms with van der Waals surface area (Å²) < 4.78 is 0. The van der Waals surface area contributed by atoms with Crippen LogP contribution in [0.3, 0.4) is 0 Å². The Hall–Kier alpha value is -0.610. The summed E-state index contributed by atoms with van der Waals surface area (Å²) in [6.07, 6.45) is 3.57. The van der Waals surface area contributed by atoms with Gasteiger partial charge in [-0.25, -0.2) is 0 Å². The maximum atomic E-state index is 11.0. The number of rotatable bonds is 6. The summed E-state index contributed by atoms with van der Waals surface area (Å²) in [4.78, 5) is 13.3. The lowest BCUT2D eigenvalue weighted by atomic mass is 10.0. The molecule has 1 aliphatic rings. The van der Waals surface area contributed by atoms with Gasteiger partial charge in [0, 0.05) is 18.5 Å². The predicted molar refractivity (Wildman–Crippen MR) is 66.1 cm³/mol. The fraction of sp³-hybridized carbons (Fsp3) is 0.917. The fourth-order valence-electron chi connectivity index (χ4n) is 2.15. The molecule has 1 fully saturated rings. The summed E-state index contributed by atoms with van der Waals surface area (Å²) in [6.45, 7) is 8.19. The van der Waals surface area contributed by atoms with E-state index in [1.807, 2.05) is 6.92 Å². The molecule has 3 N–H and O–H groups in total. The van der Waals surface area contributed by atoms with Crippen molar-refractivity contribution in [3.05, 3.63) is 0 Å². The van der Waals surface area contributed by atoms with Gasteiger partial charge in [-0.3, -0.25) is 4.79 Å². The van der Waals surface area contributed by atoms with E-state index in [0.717, 1.165) is 26.2 Å². The van der Waals surface area contributed by atoms with Crippen molar-refractivity contribution >= 4 is 5.91 Å². The highest BCUT2D eigenvalue weighted by molar-refractivity contribution is 5.76. The molecule has 0 spiro atoms. The molecular formula is C12H25N3O. The van der Waals surface area contributed by atoms with Gasteiger partial charge in [0.2, 0.25) is 5.91 Å². The lowest BCUT2D eigenvalue weighted by Crippen LogP contribution is -2.45. The van der Waals surface area contributed by atoms with E-state index in [1.165, 1.54) is 19.3 Å². The van der Waals surface area contributed by atoms with Crippen LogP contribution >= 0.6 is 0 Å². The second-order valence-electron chi connectivity index (χ2n) is 4.83. The number of hydrogen-bond acceptors (Lipinski definition) is 3. The first-order chi connectivity index (χ1) is 7.63. The highest BCUT2D eigenvalue weighted by Gasteiger charge is 2.21. The van der Waals surface area contributed by atoms with Crippen molar-refractivity contribution in [2.75, 3.05) is 26.2 Å². The van der Waals surface area contributed by atoms with Crippen LogP contribution in [0.1, 0.15) is 33.1 Å². The molecule has 1 saturated heterocycles. The molecule has 0 bridgehead atoms. The maximum Gasteiger partial charge on any atom is 0.221 e. The Morgan fingerprint density at radius 3 is 2.62 bits per heavy atom. The van der Waals surface area contributed by atoms with Crippen LogP contribution < -0.4 is 11.1 Å². The number of primary amides is 1. The molecular weight excluding hydrogens is 202 g/mol. The van der Waals surface area contributed by atoms with Gasteiger partial charge in [0.15, 0.2) is 0 Å². The van der Waals surface area contributed by atoms with Crippen molar-refractivity contribution in [2.45, 2.75) is 39.2 Å². The van der Waals surface area contributed by atoms with Gasteiger partial charge in [-0.1, -0.05) is 13.8 Å². The van der Waals surface area contributed by atoms with Crippen molar-refractivity contribution in [3.63, 3.8) is 0 Å². The quantitative estimate of drug-likeness (QED) is 0.697. The summed E-state index contributed by atoms with van der Waals surface area (Å²) in [5.41, 5.74) is 5.27. The van der Waals surface area contributed by atoms with E-state index < -0.39 is 0 Å². The van der Waals surface area contributed by atoms with Gasteiger partial charge in [-0.05, 0) is 38.9 Å². The van der Waals surface area contributed by atoms with E-state index in [1.54, 1.807) is 0 Å². The Morgan fingerprint density at radius 1 is 1.50 bits per heavy atom. The van der Waals surface area contributed by atoms with Gasteiger partial charge in [0.05, 0.1) is 0 Å². The molecule has 0 aromatic heterocycles. The number of likely N-dealkylation sites (tertiary alicyclic amines) is 1. The molecule has 0 aliphatic carbocycles. The number of amides is 1. The van der Waals surface area contributed by atoms with Gasteiger partial charge in [0.25, 0.3) is 0 Å². The van der Waals surface area contributed by atoms with Gasteiger partial charge in [-0.2, -0.15) is 0 Å². The third-order valence-corrected chi connectivity index (χ3v) is 3.29. The van der Waals surface area contributed by atoms with Gasteiger partial charge < -0.3 is 16.0 Å². The Kier molecular flexibility index (Phi) is 5.77. The first kappa shape index (κ1) is 13.5. The Labute approximate surface area is 98.6 Å². The summed E-state index contributed by atoms with van der Waals surface area (Å²) in [7, 11) is 0. The molecule has 1 unspecified atom stereocenters. The minimum Gasteiger partial charge on any atom is -0.369 e. The lowest BCUT2D eigenvalue weighted by Gasteiger charge is -2.33. The normalized spacial score (nSPS) is 20.9. The minimum absolute atomic E-state index is 0.0276. The van der Waals surface area contributed by atoms with Crippen molar-refractivity contribution in [2.24, 2.45) is 11.7 Å². The number of nitrogens with zero attached hydrogens (tertiary/aromatic N) is 1. The predicted octanol–water partition coefficient (Wildman–Crippen LogP) is 0.572. The standard InChI is InChI=1S/C12H25N3O/c1-3-6-14-11-4-7-15(8-5-11)9-10(2)12(13)16/h10-11,14H,3-9H2,1-2H3,(H2,13,16). The van der Waals surface area contributed by atoms with Crippen LogP contribution in [0, 0.1) is 5.92 Å². The van der Waals surface area contributed by atoms with Crippen LogP contribution in [-0.4, -0.2) is 43.0 Å². The van der Waals surface area contributed by atoms with Gasteiger partial charge in [-0.15, -0.1) is 0 Å². The Balaban J connectivity index is 2.19. The van der Waals surface area contributed by atoms with E-state index in [-0.39, 0.29) is 11.8 Å². The zero-order chi connectivity index (χ0) is 12.0. The highest BCUT2D eigenvalue weighted by atomic mass is 16.1. The smallest absolute Gasteiger partial charge is 0.221 e. The average Bonchev–Trinajstić information content (AvgIpc) is 2.28. The van der Waals surface area contributed by atoms with E-state index in [2.05, 4.69) is 17.1 Å². The van der Waals surface area contributed by atoms with E-state index in [0.29, 0.717) is 6.04 Å². The third kappa shape index (κ3) is 4.49. The fourth-order valence-corrected chi connectivity index (χ4v) is 2.15. The zero-order valence-corrected chi connectivity index (χ0v) is 10.5. The molecule has 1 rings (SSSR count). The number of carbonyl (C=O) groups is 1. The first-order valence-corrected chi connectivity index (χ1v) is 6.38. The largest absolute Gasteiger partial charge is 0.369 e. The second kappa shape index (κ2) is 6.86. The average molecular weight is 227 g/mol. The van der Waals surface area contributed by atoms with Crippen LogP contribution in [0.4, 0.5) is 0 Å². The number of piperidine rings is 1. The van der Waals surface area contributed by atoms with Crippen molar-refractivity contribution in [1.82, 2.24) is 10.2 Å². The van der Waals surface area contributed by atoms with Crippen LogP contribution in [0.5, 0.6) is 0 Å². The Bertz CT molecular complexity index is 212. The number of nitrogens with two attached hydrogens (primary N) is 1. The molecule has 0 saturated carbocycles. The molecule has 0 aromatic carbocycles. The number of hydrogen-bond donors (Lipinski definition) is 2. The van der Waals surface area contributed by atoms with Gasteiger partial charge in [0.1, 0.15) is 0 Å². The number of nitrogens with one attached hydrogen (secondary N) is 1. The van der Waals surface area contributed by atoms with Crippen LogP contribution in [0.15, 0.2) is 0 Å². The Morgan fingerprint density at radius 2 is 2.12 bits per heavy atom.